The summed E-state index contributed by atoms with van der Waals surface area (Å²) in [7, 11) is 0. The number of amides is 2. The third kappa shape index (κ3) is 4.54. The lowest BCUT2D eigenvalue weighted by Gasteiger charge is -2.44. The molecule has 6 nitrogen and oxygen atoms in total. The van der Waals surface area contributed by atoms with Crippen molar-refractivity contribution < 1.29 is 23.1 Å². The summed E-state index contributed by atoms with van der Waals surface area (Å²) >= 11 is 0. The number of rotatable bonds is 2. The van der Waals surface area contributed by atoms with Crippen LogP contribution < -0.4 is 4.74 Å². The standard InChI is InChI=1S/C19H21F2N3O3/c1-13-6-7-24(17(25)8-13)15-9-19(20,21)12-23(11-15)18(26)27-16-4-2-14(10-22)3-5-16/h2-5,13,15H,6-9,11-12H2,1H3/t13-,15?/m0/s1. The van der Waals surface area contributed by atoms with Crippen LogP contribution in [-0.2, 0) is 4.79 Å². The largest absolute Gasteiger partial charge is 0.415 e. The number of halogens is 2. The first kappa shape index (κ1) is 19.1. The summed E-state index contributed by atoms with van der Waals surface area (Å²) in [5.41, 5.74) is 0.400. The van der Waals surface area contributed by atoms with Crippen molar-refractivity contribution >= 4 is 12.0 Å². The Morgan fingerprint density at radius 3 is 2.67 bits per heavy atom. The SMILES string of the molecule is C[C@H]1CCN(C2CN(C(=O)Oc3ccc(C#N)cc3)CC(F)(F)C2)C(=O)C1. The molecule has 0 radical (unpaired) electrons. The van der Waals surface area contributed by atoms with Crippen molar-refractivity contribution in [3.05, 3.63) is 29.8 Å². The number of likely N-dealkylation sites (tertiary alicyclic amines) is 2. The first-order valence-electron chi connectivity index (χ1n) is 8.91. The molecular weight excluding hydrogens is 356 g/mol. The molecule has 2 fully saturated rings. The molecule has 2 aliphatic heterocycles. The van der Waals surface area contributed by atoms with Gasteiger partial charge in [-0.1, -0.05) is 6.92 Å². The van der Waals surface area contributed by atoms with Crippen LogP contribution in [0, 0.1) is 17.2 Å². The van der Waals surface area contributed by atoms with E-state index in [0.717, 1.165) is 11.3 Å². The molecule has 2 heterocycles. The normalized spacial score (nSPS) is 25.0. The van der Waals surface area contributed by atoms with E-state index in [4.69, 9.17) is 10.00 Å². The summed E-state index contributed by atoms with van der Waals surface area (Å²) in [6, 6.07) is 7.05. The lowest BCUT2D eigenvalue weighted by molar-refractivity contribution is -0.144. The van der Waals surface area contributed by atoms with Crippen molar-refractivity contribution in [3.8, 4) is 11.8 Å². The highest BCUT2D eigenvalue weighted by atomic mass is 19.3. The van der Waals surface area contributed by atoms with Gasteiger partial charge in [0.25, 0.3) is 5.92 Å². The fourth-order valence-electron chi connectivity index (χ4n) is 3.57. The second-order valence-electron chi connectivity index (χ2n) is 7.28. The zero-order valence-corrected chi connectivity index (χ0v) is 15.0. The highest BCUT2D eigenvalue weighted by Crippen LogP contribution is 2.32. The molecule has 8 heteroatoms. The van der Waals surface area contributed by atoms with E-state index in [1.165, 1.54) is 29.2 Å². The average Bonchev–Trinajstić information content (AvgIpc) is 2.61. The highest BCUT2D eigenvalue weighted by molar-refractivity contribution is 5.78. The van der Waals surface area contributed by atoms with Crippen LogP contribution in [0.4, 0.5) is 13.6 Å². The fraction of sp³-hybridized carbons (Fsp3) is 0.526. The third-order valence-corrected chi connectivity index (χ3v) is 4.98. The summed E-state index contributed by atoms with van der Waals surface area (Å²) in [6.45, 7) is 1.67. The zero-order chi connectivity index (χ0) is 19.6. The van der Waals surface area contributed by atoms with E-state index in [1.807, 2.05) is 13.0 Å². The fourth-order valence-corrected chi connectivity index (χ4v) is 3.57. The van der Waals surface area contributed by atoms with Gasteiger partial charge < -0.3 is 9.64 Å². The Morgan fingerprint density at radius 1 is 1.33 bits per heavy atom. The summed E-state index contributed by atoms with van der Waals surface area (Å²) in [5.74, 6) is -2.81. The van der Waals surface area contributed by atoms with E-state index < -0.39 is 31.0 Å². The van der Waals surface area contributed by atoms with Gasteiger partial charge >= 0.3 is 6.09 Å². The monoisotopic (exact) mass is 377 g/mol. The molecule has 2 aliphatic rings. The molecule has 0 N–H and O–H groups in total. The molecule has 1 aromatic rings. The van der Waals surface area contributed by atoms with E-state index in [9.17, 15) is 18.4 Å². The molecule has 2 saturated heterocycles. The maximum Gasteiger partial charge on any atom is 0.415 e. The van der Waals surface area contributed by atoms with Gasteiger partial charge in [-0.25, -0.2) is 13.6 Å². The molecule has 2 amide bonds. The smallest absolute Gasteiger partial charge is 0.410 e. The zero-order valence-electron chi connectivity index (χ0n) is 15.0. The van der Waals surface area contributed by atoms with E-state index in [1.54, 1.807) is 0 Å². The number of benzene rings is 1. The Bertz CT molecular complexity index is 760. The predicted octanol–water partition coefficient (Wildman–Crippen LogP) is 3.03. The lowest BCUT2D eigenvalue weighted by Crippen LogP contribution is -2.59. The van der Waals surface area contributed by atoms with Crippen molar-refractivity contribution in [3.63, 3.8) is 0 Å². The van der Waals surface area contributed by atoms with Gasteiger partial charge in [-0.2, -0.15) is 5.26 Å². The van der Waals surface area contributed by atoms with Crippen molar-refractivity contribution in [1.82, 2.24) is 9.80 Å². The molecule has 0 aliphatic carbocycles. The first-order chi connectivity index (χ1) is 12.8. The summed E-state index contributed by atoms with van der Waals surface area (Å²) in [5, 5.41) is 8.78. The Morgan fingerprint density at radius 2 is 2.04 bits per heavy atom. The van der Waals surface area contributed by atoms with Gasteiger partial charge in [-0.05, 0) is 36.6 Å². The van der Waals surface area contributed by atoms with Gasteiger partial charge in [0.1, 0.15) is 5.75 Å². The van der Waals surface area contributed by atoms with Gasteiger partial charge in [0.2, 0.25) is 5.91 Å². The Hall–Kier alpha value is -2.69. The number of carbonyl (C=O) groups excluding carboxylic acids is 2. The minimum atomic E-state index is -3.09. The van der Waals surface area contributed by atoms with E-state index in [-0.39, 0.29) is 24.1 Å². The quantitative estimate of drug-likeness (QED) is 0.794. The molecule has 144 valence electrons. The van der Waals surface area contributed by atoms with Crippen LogP contribution in [0.5, 0.6) is 5.75 Å². The van der Waals surface area contributed by atoms with Crippen molar-refractivity contribution in [1.29, 1.82) is 5.26 Å². The molecule has 0 spiro atoms. The van der Waals surface area contributed by atoms with E-state index in [2.05, 4.69) is 0 Å². The Balaban J connectivity index is 1.69. The topological polar surface area (TPSA) is 73.6 Å². The molecule has 1 aromatic carbocycles. The molecule has 0 bridgehead atoms. The second-order valence-corrected chi connectivity index (χ2v) is 7.28. The van der Waals surface area contributed by atoms with Gasteiger partial charge in [0.15, 0.2) is 0 Å². The van der Waals surface area contributed by atoms with E-state index in [0.29, 0.717) is 18.5 Å². The third-order valence-electron chi connectivity index (χ3n) is 4.98. The van der Waals surface area contributed by atoms with Crippen molar-refractivity contribution in [2.24, 2.45) is 5.92 Å². The number of piperidine rings is 2. The summed E-state index contributed by atoms with van der Waals surface area (Å²) in [6.07, 6.45) is -0.225. The molecule has 1 unspecified atom stereocenters. The molecule has 0 saturated carbocycles. The van der Waals surface area contributed by atoms with Crippen LogP contribution in [0.2, 0.25) is 0 Å². The van der Waals surface area contributed by atoms with Crippen LogP contribution in [0.1, 0.15) is 31.7 Å². The van der Waals surface area contributed by atoms with Crippen LogP contribution in [0.3, 0.4) is 0 Å². The maximum absolute atomic E-state index is 14.2. The number of hydrogen-bond donors (Lipinski definition) is 0. The first-order valence-corrected chi connectivity index (χ1v) is 8.91. The van der Waals surface area contributed by atoms with Crippen LogP contribution in [0.25, 0.3) is 0 Å². The van der Waals surface area contributed by atoms with Gasteiger partial charge in [0, 0.05) is 25.9 Å². The van der Waals surface area contributed by atoms with Crippen molar-refractivity contribution in [2.45, 2.75) is 38.2 Å². The minimum Gasteiger partial charge on any atom is -0.410 e. The van der Waals surface area contributed by atoms with Crippen molar-refractivity contribution in [2.75, 3.05) is 19.6 Å². The average molecular weight is 377 g/mol. The minimum absolute atomic E-state index is 0.0187. The van der Waals surface area contributed by atoms with Gasteiger partial charge in [-0.15, -0.1) is 0 Å². The van der Waals surface area contributed by atoms with E-state index >= 15 is 0 Å². The van der Waals surface area contributed by atoms with Crippen LogP contribution in [0.15, 0.2) is 24.3 Å². The molecule has 2 atom stereocenters. The van der Waals surface area contributed by atoms with Gasteiger partial charge in [-0.3, -0.25) is 9.69 Å². The highest BCUT2D eigenvalue weighted by Gasteiger charge is 2.46. The lowest BCUT2D eigenvalue weighted by atomic mass is 9.94. The molecule has 27 heavy (non-hydrogen) atoms. The predicted molar refractivity (Wildman–Crippen MR) is 92.2 cm³/mol. The summed E-state index contributed by atoms with van der Waals surface area (Å²) in [4.78, 5) is 27.1. The Kier molecular flexibility index (Phi) is 5.31. The number of nitrogens with zero attached hydrogens (tertiary/aromatic N) is 3. The maximum atomic E-state index is 14.2. The number of hydrogen-bond acceptors (Lipinski definition) is 4. The number of alkyl halides is 2. The summed E-state index contributed by atoms with van der Waals surface area (Å²) < 4.78 is 33.6. The van der Waals surface area contributed by atoms with Gasteiger partial charge in [0.05, 0.1) is 24.2 Å². The van der Waals surface area contributed by atoms with Crippen LogP contribution in [-0.4, -0.2) is 53.4 Å². The molecule has 3 rings (SSSR count). The Labute approximate surface area is 156 Å². The molecular formula is C19H21F2N3O3. The van der Waals surface area contributed by atoms with Crippen LogP contribution >= 0.6 is 0 Å². The number of carbonyl (C=O) groups is 2. The number of ether oxygens (including phenoxy) is 1. The number of nitriles is 1. The molecule has 0 aromatic heterocycles. The second kappa shape index (κ2) is 7.51.